The first-order valence-electron chi connectivity index (χ1n) is 8.57. The Bertz CT molecular complexity index is 571. The molecule has 0 amide bonds. The summed E-state index contributed by atoms with van der Waals surface area (Å²) in [6.07, 6.45) is 0.613. The number of epoxide rings is 1. The molecule has 0 radical (unpaired) electrons. The number of carbonyl (C=O) groups excluding carboxylic acids is 1. The summed E-state index contributed by atoms with van der Waals surface area (Å²) in [6, 6.07) is 9.72. The maximum atomic E-state index is 11.9. The Labute approximate surface area is 149 Å². The average molecular weight is 348 g/mol. The van der Waals surface area contributed by atoms with Gasteiger partial charge in [-0.2, -0.15) is 0 Å². The van der Waals surface area contributed by atoms with Crippen molar-refractivity contribution >= 4 is 5.97 Å². The van der Waals surface area contributed by atoms with Gasteiger partial charge in [0.25, 0.3) is 0 Å². The molecule has 1 N–H and O–H groups in total. The quantitative estimate of drug-likeness (QED) is 0.422. The zero-order valence-corrected chi connectivity index (χ0v) is 15.2. The summed E-state index contributed by atoms with van der Waals surface area (Å²) in [7, 11) is 0. The number of carbonyl (C=O) groups is 1. The fourth-order valence-electron chi connectivity index (χ4n) is 2.40. The third-order valence-electron chi connectivity index (χ3n) is 4.23. The van der Waals surface area contributed by atoms with E-state index in [0.29, 0.717) is 19.6 Å². The summed E-state index contributed by atoms with van der Waals surface area (Å²) in [5, 5.41) is 10.6. The number of rotatable bonds is 9. The van der Waals surface area contributed by atoms with Gasteiger partial charge in [-0.15, -0.1) is 6.58 Å². The molecule has 2 rings (SSSR count). The second kappa shape index (κ2) is 8.13. The molecule has 5 nitrogen and oxygen atoms in total. The molecule has 1 saturated heterocycles. The van der Waals surface area contributed by atoms with Gasteiger partial charge in [-0.05, 0) is 26.3 Å². The monoisotopic (exact) mass is 348 g/mol. The van der Waals surface area contributed by atoms with Crippen molar-refractivity contribution in [2.24, 2.45) is 5.41 Å². The standard InChI is InChI=1S/C20H28O5/c1-5-20(14-25-20)17(21)16(11-12-23-18(22)19(2,3)4)24-13-15-9-7-6-8-10-15/h5-10,16-17,21H,1,11-14H2,2-4H3/t16-,17+,20-/m1/s1. The largest absolute Gasteiger partial charge is 0.465 e. The van der Waals surface area contributed by atoms with Crippen molar-refractivity contribution < 1.29 is 24.1 Å². The molecule has 1 heterocycles. The van der Waals surface area contributed by atoms with E-state index in [9.17, 15) is 9.90 Å². The lowest BCUT2D eigenvalue weighted by Gasteiger charge is -2.27. The lowest BCUT2D eigenvalue weighted by Crippen LogP contribution is -2.41. The second-order valence-corrected chi connectivity index (χ2v) is 7.40. The Balaban J connectivity index is 1.94. The minimum Gasteiger partial charge on any atom is -0.465 e. The number of benzene rings is 1. The molecular formula is C20H28O5. The molecule has 0 saturated carbocycles. The van der Waals surface area contributed by atoms with Crippen molar-refractivity contribution in [3.05, 3.63) is 48.6 Å². The zero-order chi connectivity index (χ0) is 18.5. The zero-order valence-electron chi connectivity index (χ0n) is 15.2. The number of ether oxygens (including phenoxy) is 3. The van der Waals surface area contributed by atoms with E-state index in [0.717, 1.165) is 5.56 Å². The van der Waals surface area contributed by atoms with Crippen molar-refractivity contribution in [2.75, 3.05) is 13.2 Å². The number of hydrogen-bond acceptors (Lipinski definition) is 5. The van der Waals surface area contributed by atoms with Crippen LogP contribution in [0.3, 0.4) is 0 Å². The molecule has 5 heteroatoms. The molecule has 1 aromatic rings. The first-order valence-corrected chi connectivity index (χ1v) is 8.57. The highest BCUT2D eigenvalue weighted by molar-refractivity contribution is 5.75. The normalized spacial score (nSPS) is 22.1. The van der Waals surface area contributed by atoms with Crippen LogP contribution in [0.25, 0.3) is 0 Å². The van der Waals surface area contributed by atoms with Crippen molar-refractivity contribution in [1.82, 2.24) is 0 Å². The molecule has 3 atom stereocenters. The molecule has 1 fully saturated rings. The smallest absolute Gasteiger partial charge is 0.311 e. The lowest BCUT2D eigenvalue weighted by molar-refractivity contribution is -0.155. The minimum atomic E-state index is -0.859. The molecular weight excluding hydrogens is 320 g/mol. The van der Waals surface area contributed by atoms with Gasteiger partial charge in [0.05, 0.1) is 31.3 Å². The van der Waals surface area contributed by atoms with E-state index in [2.05, 4.69) is 6.58 Å². The summed E-state index contributed by atoms with van der Waals surface area (Å²) in [6.45, 7) is 10.1. The molecule has 1 aromatic carbocycles. The lowest BCUT2D eigenvalue weighted by atomic mass is 9.96. The second-order valence-electron chi connectivity index (χ2n) is 7.40. The highest BCUT2D eigenvalue weighted by atomic mass is 16.6. The van der Waals surface area contributed by atoms with E-state index < -0.39 is 23.2 Å². The summed E-state index contributed by atoms with van der Waals surface area (Å²) in [4.78, 5) is 11.9. The summed E-state index contributed by atoms with van der Waals surface area (Å²) < 4.78 is 16.6. The molecule has 0 spiro atoms. The summed E-state index contributed by atoms with van der Waals surface area (Å²) in [5.74, 6) is -0.273. The third-order valence-corrected chi connectivity index (χ3v) is 4.23. The van der Waals surface area contributed by atoms with Gasteiger partial charge in [-0.25, -0.2) is 0 Å². The number of aliphatic hydroxyl groups is 1. The van der Waals surface area contributed by atoms with E-state index in [1.165, 1.54) is 0 Å². The van der Waals surface area contributed by atoms with Crippen LogP contribution in [-0.4, -0.2) is 42.1 Å². The molecule has 1 aliphatic heterocycles. The van der Waals surface area contributed by atoms with Crippen LogP contribution in [0.1, 0.15) is 32.8 Å². The van der Waals surface area contributed by atoms with Crippen LogP contribution in [0.2, 0.25) is 0 Å². The molecule has 138 valence electrons. The summed E-state index contributed by atoms with van der Waals surface area (Å²) >= 11 is 0. The predicted molar refractivity (Wildman–Crippen MR) is 94.9 cm³/mol. The maximum Gasteiger partial charge on any atom is 0.311 e. The molecule has 0 bridgehead atoms. The van der Waals surface area contributed by atoms with Crippen LogP contribution < -0.4 is 0 Å². The van der Waals surface area contributed by atoms with Gasteiger partial charge >= 0.3 is 5.97 Å². The van der Waals surface area contributed by atoms with Crippen LogP contribution in [-0.2, 0) is 25.6 Å². The van der Waals surface area contributed by atoms with Crippen LogP contribution in [0, 0.1) is 5.41 Å². The Morgan fingerprint density at radius 2 is 2.04 bits per heavy atom. The van der Waals surface area contributed by atoms with Crippen molar-refractivity contribution in [3.8, 4) is 0 Å². The van der Waals surface area contributed by atoms with Crippen LogP contribution in [0.5, 0.6) is 0 Å². The number of esters is 1. The summed E-state index contributed by atoms with van der Waals surface area (Å²) in [5.41, 5.74) is -0.299. The van der Waals surface area contributed by atoms with Gasteiger partial charge < -0.3 is 19.3 Å². The van der Waals surface area contributed by atoms with Crippen LogP contribution >= 0.6 is 0 Å². The first-order chi connectivity index (χ1) is 11.8. The van der Waals surface area contributed by atoms with E-state index in [-0.39, 0.29) is 12.6 Å². The SMILES string of the molecule is C=C[C@]1([C@@H](O)[C@@H](CCOC(=O)C(C)(C)C)OCc2ccccc2)CO1. The van der Waals surface area contributed by atoms with Gasteiger partial charge in [0.15, 0.2) is 0 Å². The highest BCUT2D eigenvalue weighted by Gasteiger charge is 2.51. The third kappa shape index (κ3) is 5.39. The molecule has 0 aromatic heterocycles. The molecule has 0 aliphatic carbocycles. The first kappa shape index (κ1) is 19.6. The molecule has 0 unspecified atom stereocenters. The average Bonchev–Trinajstić information content (AvgIpc) is 3.38. The maximum absolute atomic E-state index is 11.9. The Hall–Kier alpha value is -1.69. The van der Waals surface area contributed by atoms with Gasteiger partial charge in [0.2, 0.25) is 0 Å². The van der Waals surface area contributed by atoms with Crippen LogP contribution in [0.15, 0.2) is 43.0 Å². The topological polar surface area (TPSA) is 68.3 Å². The van der Waals surface area contributed by atoms with Gasteiger partial charge in [0.1, 0.15) is 11.7 Å². The van der Waals surface area contributed by atoms with Crippen LogP contribution in [0.4, 0.5) is 0 Å². The Morgan fingerprint density at radius 3 is 2.56 bits per heavy atom. The van der Waals surface area contributed by atoms with Gasteiger partial charge in [0, 0.05) is 6.42 Å². The van der Waals surface area contributed by atoms with Crippen molar-refractivity contribution in [2.45, 2.75) is 51.6 Å². The van der Waals surface area contributed by atoms with E-state index in [1.54, 1.807) is 26.8 Å². The Kier molecular flexibility index (Phi) is 6.38. The molecule has 1 aliphatic rings. The fraction of sp³-hybridized carbons (Fsp3) is 0.550. The molecule has 25 heavy (non-hydrogen) atoms. The minimum absolute atomic E-state index is 0.180. The predicted octanol–water partition coefficient (Wildman–Crippen LogP) is 2.87. The van der Waals surface area contributed by atoms with Gasteiger partial charge in [-0.3, -0.25) is 4.79 Å². The fourth-order valence-corrected chi connectivity index (χ4v) is 2.40. The van der Waals surface area contributed by atoms with Crippen molar-refractivity contribution in [3.63, 3.8) is 0 Å². The van der Waals surface area contributed by atoms with Crippen molar-refractivity contribution in [1.29, 1.82) is 0 Å². The number of aliphatic hydroxyl groups excluding tert-OH is 1. The highest BCUT2D eigenvalue weighted by Crippen LogP contribution is 2.35. The van der Waals surface area contributed by atoms with E-state index in [4.69, 9.17) is 14.2 Å². The number of hydrogen-bond donors (Lipinski definition) is 1. The van der Waals surface area contributed by atoms with Gasteiger partial charge in [-0.1, -0.05) is 36.4 Å². The van der Waals surface area contributed by atoms with E-state index in [1.807, 2.05) is 30.3 Å². The van der Waals surface area contributed by atoms with E-state index >= 15 is 0 Å². The Morgan fingerprint density at radius 1 is 1.40 bits per heavy atom.